The molecule has 0 radical (unpaired) electrons. The summed E-state index contributed by atoms with van der Waals surface area (Å²) < 4.78 is 28.7. The lowest BCUT2D eigenvalue weighted by Gasteiger charge is -2.28. The van der Waals surface area contributed by atoms with Gasteiger partial charge in [-0.1, -0.05) is 36.8 Å². The van der Waals surface area contributed by atoms with Gasteiger partial charge in [0.05, 0.1) is 17.0 Å². The highest BCUT2D eigenvalue weighted by molar-refractivity contribution is 7.89. The van der Waals surface area contributed by atoms with Gasteiger partial charge in [0.2, 0.25) is 15.9 Å². The van der Waals surface area contributed by atoms with Crippen LogP contribution in [0.1, 0.15) is 38.3 Å². The average Bonchev–Trinajstić information content (AvgIpc) is 3.57. The first-order valence-corrected chi connectivity index (χ1v) is 14.2. The highest BCUT2D eigenvalue weighted by Gasteiger charge is 2.42. The molecule has 1 heterocycles. The molecule has 0 saturated heterocycles. The van der Waals surface area contributed by atoms with Crippen molar-refractivity contribution in [2.45, 2.75) is 50.0 Å². The molecule has 2 saturated carbocycles. The number of carbonyl (C=O) groups is 1. The molecule has 178 valence electrons. The normalized spacial score (nSPS) is 22.6. The molecule has 3 aromatic rings. The van der Waals surface area contributed by atoms with Crippen LogP contribution in [0, 0.1) is 17.8 Å². The summed E-state index contributed by atoms with van der Waals surface area (Å²) in [6.45, 7) is 1.99. The summed E-state index contributed by atoms with van der Waals surface area (Å²) >= 11 is 1.51. The minimum absolute atomic E-state index is 0.0708. The lowest BCUT2D eigenvalue weighted by Crippen LogP contribution is -2.40. The van der Waals surface area contributed by atoms with E-state index < -0.39 is 10.0 Å². The maximum absolute atomic E-state index is 12.9. The van der Waals surface area contributed by atoms with Crippen LogP contribution in [-0.4, -0.2) is 25.4 Å². The van der Waals surface area contributed by atoms with Crippen LogP contribution in [0.5, 0.6) is 0 Å². The minimum Gasteiger partial charge on any atom is -0.326 e. The number of rotatable bonds is 8. The van der Waals surface area contributed by atoms with Crippen LogP contribution in [0.3, 0.4) is 0 Å². The fourth-order valence-electron chi connectivity index (χ4n) is 5.50. The van der Waals surface area contributed by atoms with E-state index in [0.29, 0.717) is 23.2 Å². The Kier molecular flexibility index (Phi) is 6.55. The maximum atomic E-state index is 12.9. The van der Waals surface area contributed by atoms with Crippen molar-refractivity contribution in [3.63, 3.8) is 0 Å². The summed E-state index contributed by atoms with van der Waals surface area (Å²) in [6.07, 6.45) is 5.06. The Hall–Kier alpha value is -2.55. The molecule has 5 rings (SSSR count). The zero-order valence-corrected chi connectivity index (χ0v) is 20.7. The van der Waals surface area contributed by atoms with Crippen molar-refractivity contribution < 1.29 is 13.2 Å². The standard InChI is InChI=1S/C26H29N3O3S2/c1-17(24-14-18-7-8-20(24)13-18)29-34(31,32)23-11-9-21(10-12-23)27-25(30)15-22-16-33-26(28-22)19-5-3-2-4-6-19/h2-6,9-12,16-18,20,24,29H,7-8,13-15H2,1H3,(H,27,30). The Morgan fingerprint density at radius 3 is 2.53 bits per heavy atom. The van der Waals surface area contributed by atoms with E-state index in [1.165, 1.54) is 30.6 Å². The quantitative estimate of drug-likeness (QED) is 0.455. The molecule has 0 aliphatic heterocycles. The summed E-state index contributed by atoms with van der Waals surface area (Å²) in [5, 5.41) is 5.60. The molecule has 2 N–H and O–H groups in total. The van der Waals surface area contributed by atoms with Gasteiger partial charge in [-0.05, 0) is 68.2 Å². The van der Waals surface area contributed by atoms with Gasteiger partial charge >= 0.3 is 0 Å². The van der Waals surface area contributed by atoms with Crippen molar-refractivity contribution in [1.29, 1.82) is 0 Å². The van der Waals surface area contributed by atoms with Crippen LogP contribution in [0.25, 0.3) is 10.6 Å². The number of nitrogens with zero attached hydrogens (tertiary/aromatic N) is 1. The number of benzene rings is 2. The Balaban J connectivity index is 1.17. The third kappa shape index (κ3) is 5.09. The average molecular weight is 496 g/mol. The van der Waals surface area contributed by atoms with Gasteiger partial charge in [-0.15, -0.1) is 11.3 Å². The van der Waals surface area contributed by atoms with Gasteiger partial charge < -0.3 is 5.32 Å². The van der Waals surface area contributed by atoms with Gasteiger partial charge in [0.1, 0.15) is 5.01 Å². The lowest BCUT2D eigenvalue weighted by atomic mass is 9.84. The van der Waals surface area contributed by atoms with Gasteiger partial charge in [-0.2, -0.15) is 0 Å². The highest BCUT2D eigenvalue weighted by Crippen LogP contribution is 2.49. The molecular formula is C26H29N3O3S2. The monoisotopic (exact) mass is 495 g/mol. The van der Waals surface area contributed by atoms with Crippen molar-refractivity contribution in [1.82, 2.24) is 9.71 Å². The van der Waals surface area contributed by atoms with E-state index in [2.05, 4.69) is 15.0 Å². The molecule has 2 aliphatic rings. The van der Waals surface area contributed by atoms with Gasteiger partial charge in [-0.25, -0.2) is 18.1 Å². The largest absolute Gasteiger partial charge is 0.326 e. The van der Waals surface area contributed by atoms with E-state index in [0.717, 1.165) is 22.9 Å². The molecular weight excluding hydrogens is 466 g/mol. The van der Waals surface area contributed by atoms with Crippen LogP contribution < -0.4 is 10.0 Å². The van der Waals surface area contributed by atoms with E-state index in [-0.39, 0.29) is 23.3 Å². The summed E-state index contributed by atoms with van der Waals surface area (Å²) in [5.74, 6) is 1.67. The third-order valence-corrected chi connectivity index (χ3v) is 9.65. The summed E-state index contributed by atoms with van der Waals surface area (Å²) in [4.78, 5) is 17.3. The van der Waals surface area contributed by atoms with Crippen LogP contribution in [-0.2, 0) is 21.2 Å². The number of thiazole rings is 1. The number of amides is 1. The molecule has 8 heteroatoms. The molecule has 34 heavy (non-hydrogen) atoms. The smallest absolute Gasteiger partial charge is 0.240 e. The van der Waals surface area contributed by atoms with Crippen LogP contribution in [0.2, 0.25) is 0 Å². The first kappa shape index (κ1) is 23.2. The highest BCUT2D eigenvalue weighted by atomic mass is 32.2. The van der Waals surface area contributed by atoms with E-state index in [4.69, 9.17) is 0 Å². The zero-order valence-electron chi connectivity index (χ0n) is 19.1. The number of carbonyl (C=O) groups excluding carboxylic acids is 1. The van der Waals surface area contributed by atoms with Crippen LogP contribution in [0.4, 0.5) is 5.69 Å². The first-order chi connectivity index (χ1) is 16.4. The minimum atomic E-state index is -3.60. The number of sulfonamides is 1. The topological polar surface area (TPSA) is 88.2 Å². The zero-order chi connectivity index (χ0) is 23.7. The second-order valence-electron chi connectivity index (χ2n) is 9.51. The number of aromatic nitrogens is 1. The molecule has 2 aromatic carbocycles. The molecule has 1 amide bonds. The Morgan fingerprint density at radius 1 is 1.09 bits per heavy atom. The SMILES string of the molecule is CC(NS(=O)(=O)c1ccc(NC(=O)Cc2csc(-c3ccccc3)n2)cc1)C1CC2CCC1C2. The van der Waals surface area contributed by atoms with Gasteiger partial charge in [-0.3, -0.25) is 4.79 Å². The van der Waals surface area contributed by atoms with E-state index in [1.807, 2.05) is 42.6 Å². The number of fused-ring (bicyclic) bond motifs is 2. The third-order valence-electron chi connectivity index (χ3n) is 7.14. The number of nitrogens with one attached hydrogen (secondary N) is 2. The molecule has 4 unspecified atom stereocenters. The molecule has 1 aromatic heterocycles. The van der Waals surface area contributed by atoms with Crippen LogP contribution >= 0.6 is 11.3 Å². The molecule has 6 nitrogen and oxygen atoms in total. The van der Waals surface area contributed by atoms with Crippen molar-refractivity contribution in [3.05, 3.63) is 65.7 Å². The van der Waals surface area contributed by atoms with Crippen molar-refractivity contribution in [2.24, 2.45) is 17.8 Å². The van der Waals surface area contributed by atoms with Gasteiger partial charge in [0.15, 0.2) is 0 Å². The Labute approximate surface area is 204 Å². The van der Waals surface area contributed by atoms with Crippen LogP contribution in [0.15, 0.2) is 64.9 Å². The Bertz CT molecular complexity index is 1260. The summed E-state index contributed by atoms with van der Waals surface area (Å²) in [5.41, 5.74) is 2.29. The van der Waals surface area contributed by atoms with E-state index in [1.54, 1.807) is 24.3 Å². The Morgan fingerprint density at radius 2 is 1.85 bits per heavy atom. The number of hydrogen-bond acceptors (Lipinski definition) is 5. The van der Waals surface area contributed by atoms with Gasteiger partial charge in [0.25, 0.3) is 0 Å². The lowest BCUT2D eigenvalue weighted by molar-refractivity contribution is -0.115. The second kappa shape index (κ2) is 9.60. The van der Waals surface area contributed by atoms with Crippen molar-refractivity contribution in [3.8, 4) is 10.6 Å². The molecule has 2 aliphatic carbocycles. The predicted molar refractivity (Wildman–Crippen MR) is 135 cm³/mol. The molecule has 2 fully saturated rings. The van der Waals surface area contributed by atoms with Crippen molar-refractivity contribution in [2.75, 3.05) is 5.32 Å². The van der Waals surface area contributed by atoms with Gasteiger partial charge in [0, 0.05) is 22.7 Å². The first-order valence-electron chi connectivity index (χ1n) is 11.8. The number of hydrogen-bond donors (Lipinski definition) is 2. The summed E-state index contributed by atoms with van der Waals surface area (Å²) in [6, 6.07) is 16.1. The predicted octanol–water partition coefficient (Wildman–Crippen LogP) is 5.09. The fourth-order valence-corrected chi connectivity index (χ4v) is 7.62. The van der Waals surface area contributed by atoms with E-state index >= 15 is 0 Å². The van der Waals surface area contributed by atoms with E-state index in [9.17, 15) is 13.2 Å². The second-order valence-corrected chi connectivity index (χ2v) is 12.1. The number of anilines is 1. The fraction of sp³-hybridized carbons (Fsp3) is 0.385. The maximum Gasteiger partial charge on any atom is 0.240 e. The van der Waals surface area contributed by atoms with Crippen molar-refractivity contribution >= 4 is 33.0 Å². The molecule has 0 spiro atoms. The molecule has 4 atom stereocenters. The molecule has 2 bridgehead atoms. The summed E-state index contributed by atoms with van der Waals surface area (Å²) in [7, 11) is -3.60.